The number of nitrogens with two attached hydrogens (primary N) is 1. The first-order valence-corrected chi connectivity index (χ1v) is 8.43. The number of nitrogens with zero attached hydrogens (tertiary/aromatic N) is 2. The molecule has 1 saturated heterocycles. The molecule has 1 unspecified atom stereocenters. The maximum absolute atomic E-state index is 12.4. The Morgan fingerprint density at radius 3 is 2.32 bits per heavy atom. The van der Waals surface area contributed by atoms with E-state index in [1.807, 2.05) is 41.0 Å². The Labute approximate surface area is 155 Å². The summed E-state index contributed by atoms with van der Waals surface area (Å²) in [7, 11) is 1.61. The van der Waals surface area contributed by atoms with Crippen molar-refractivity contribution in [3.05, 3.63) is 29.8 Å². The molecule has 6 nitrogen and oxygen atoms in total. The standard InChI is InChI=1S/C18H27N3O3.ClH/c1-14(19)6-7-17(22)20-8-10-21(11-9-20)18(23)13-15-4-3-5-16(12-15)24-2;/h3-5,12,14H,6-11,13,19H2,1-2H3;1H. The SMILES string of the molecule is COc1cccc(CC(=O)N2CCN(C(=O)CCC(C)N)CC2)c1.Cl. The van der Waals surface area contributed by atoms with E-state index in [4.69, 9.17) is 10.5 Å². The van der Waals surface area contributed by atoms with Gasteiger partial charge >= 0.3 is 0 Å². The fourth-order valence-corrected chi connectivity index (χ4v) is 2.78. The smallest absolute Gasteiger partial charge is 0.227 e. The molecule has 1 atom stereocenters. The highest BCUT2D eigenvalue weighted by atomic mass is 35.5. The number of hydrogen-bond donors (Lipinski definition) is 1. The Kier molecular flexibility index (Phi) is 8.72. The molecule has 0 aromatic heterocycles. The summed E-state index contributed by atoms with van der Waals surface area (Å²) < 4.78 is 5.18. The summed E-state index contributed by atoms with van der Waals surface area (Å²) in [6.07, 6.45) is 1.54. The number of amides is 2. The highest BCUT2D eigenvalue weighted by molar-refractivity contribution is 5.85. The van der Waals surface area contributed by atoms with Gasteiger partial charge < -0.3 is 20.3 Å². The lowest BCUT2D eigenvalue weighted by Crippen LogP contribution is -2.51. The largest absolute Gasteiger partial charge is 0.497 e. The maximum Gasteiger partial charge on any atom is 0.227 e. The molecule has 1 aliphatic rings. The second kappa shape index (κ2) is 10.3. The van der Waals surface area contributed by atoms with Gasteiger partial charge in [-0.3, -0.25) is 9.59 Å². The zero-order chi connectivity index (χ0) is 17.5. The average Bonchev–Trinajstić information content (AvgIpc) is 2.59. The summed E-state index contributed by atoms with van der Waals surface area (Å²) in [6, 6.07) is 7.59. The molecule has 1 aromatic rings. The number of carbonyl (C=O) groups excluding carboxylic acids is 2. The Balaban J connectivity index is 0.00000312. The summed E-state index contributed by atoms with van der Waals surface area (Å²) >= 11 is 0. The average molecular weight is 370 g/mol. The van der Waals surface area contributed by atoms with Crippen molar-refractivity contribution < 1.29 is 14.3 Å². The van der Waals surface area contributed by atoms with E-state index in [1.165, 1.54) is 0 Å². The topological polar surface area (TPSA) is 75.9 Å². The summed E-state index contributed by atoms with van der Waals surface area (Å²) in [6.45, 7) is 4.28. The molecule has 2 rings (SSSR count). The summed E-state index contributed by atoms with van der Waals surface area (Å²) in [5, 5.41) is 0. The van der Waals surface area contributed by atoms with Crippen LogP contribution in [0.25, 0.3) is 0 Å². The first-order valence-electron chi connectivity index (χ1n) is 8.43. The first-order chi connectivity index (χ1) is 11.5. The van der Waals surface area contributed by atoms with Gasteiger partial charge in [0.1, 0.15) is 5.75 Å². The van der Waals surface area contributed by atoms with Crippen molar-refractivity contribution in [1.29, 1.82) is 0 Å². The lowest BCUT2D eigenvalue weighted by molar-refractivity contribution is -0.139. The third-order valence-corrected chi connectivity index (χ3v) is 4.29. The highest BCUT2D eigenvalue weighted by Gasteiger charge is 2.24. The van der Waals surface area contributed by atoms with Gasteiger partial charge in [-0.1, -0.05) is 12.1 Å². The van der Waals surface area contributed by atoms with Crippen LogP contribution in [0.2, 0.25) is 0 Å². The number of carbonyl (C=O) groups is 2. The molecule has 0 radical (unpaired) electrons. The molecule has 1 fully saturated rings. The van der Waals surface area contributed by atoms with Gasteiger partial charge in [-0.2, -0.15) is 0 Å². The van der Waals surface area contributed by atoms with E-state index < -0.39 is 0 Å². The molecule has 25 heavy (non-hydrogen) atoms. The molecule has 0 saturated carbocycles. The van der Waals surface area contributed by atoms with Crippen molar-refractivity contribution in [1.82, 2.24) is 9.80 Å². The molecule has 140 valence electrons. The second-order valence-electron chi connectivity index (χ2n) is 6.31. The Hall–Kier alpha value is -1.79. The summed E-state index contributed by atoms with van der Waals surface area (Å²) in [4.78, 5) is 28.2. The number of hydrogen-bond acceptors (Lipinski definition) is 4. The van der Waals surface area contributed by atoms with Gasteiger partial charge in [0.05, 0.1) is 13.5 Å². The van der Waals surface area contributed by atoms with Crippen molar-refractivity contribution in [2.75, 3.05) is 33.3 Å². The molecule has 1 aliphatic heterocycles. The molecular formula is C18H28ClN3O3. The molecule has 0 bridgehead atoms. The molecule has 7 heteroatoms. The molecule has 2 N–H and O–H groups in total. The minimum absolute atomic E-state index is 0. The van der Waals surface area contributed by atoms with Crippen LogP contribution in [0, 0.1) is 0 Å². The minimum atomic E-state index is 0. The third-order valence-electron chi connectivity index (χ3n) is 4.29. The molecule has 0 aliphatic carbocycles. The monoisotopic (exact) mass is 369 g/mol. The van der Waals surface area contributed by atoms with E-state index in [1.54, 1.807) is 7.11 Å². The van der Waals surface area contributed by atoms with Gasteiger partial charge in [-0.05, 0) is 31.0 Å². The normalized spacial score (nSPS) is 15.3. The van der Waals surface area contributed by atoms with Gasteiger partial charge in [0.25, 0.3) is 0 Å². The van der Waals surface area contributed by atoms with E-state index in [0.717, 1.165) is 11.3 Å². The van der Waals surface area contributed by atoms with E-state index in [2.05, 4.69) is 0 Å². The fraction of sp³-hybridized carbons (Fsp3) is 0.556. The fourth-order valence-electron chi connectivity index (χ4n) is 2.78. The van der Waals surface area contributed by atoms with Gasteiger partial charge in [-0.25, -0.2) is 0 Å². The maximum atomic E-state index is 12.4. The third kappa shape index (κ3) is 6.55. The van der Waals surface area contributed by atoms with Gasteiger partial charge in [-0.15, -0.1) is 12.4 Å². The zero-order valence-electron chi connectivity index (χ0n) is 14.9. The number of rotatable bonds is 6. The quantitative estimate of drug-likeness (QED) is 0.823. The Morgan fingerprint density at radius 2 is 1.76 bits per heavy atom. The molecule has 1 heterocycles. The van der Waals surface area contributed by atoms with Gasteiger partial charge in [0, 0.05) is 38.6 Å². The van der Waals surface area contributed by atoms with Crippen LogP contribution in [0.15, 0.2) is 24.3 Å². The predicted octanol–water partition coefficient (Wildman–Crippen LogP) is 1.46. The summed E-state index contributed by atoms with van der Waals surface area (Å²) in [5.74, 6) is 0.975. The summed E-state index contributed by atoms with van der Waals surface area (Å²) in [5.41, 5.74) is 6.63. The number of benzene rings is 1. The van der Waals surface area contributed by atoms with E-state index in [-0.39, 0.29) is 30.3 Å². The predicted molar refractivity (Wildman–Crippen MR) is 100.0 cm³/mol. The van der Waals surface area contributed by atoms with Crippen LogP contribution in [-0.4, -0.2) is 60.9 Å². The van der Waals surface area contributed by atoms with E-state index >= 15 is 0 Å². The molecular weight excluding hydrogens is 342 g/mol. The number of halogens is 1. The number of methoxy groups -OCH3 is 1. The second-order valence-corrected chi connectivity index (χ2v) is 6.31. The lowest BCUT2D eigenvalue weighted by atomic mass is 10.1. The lowest BCUT2D eigenvalue weighted by Gasteiger charge is -2.35. The van der Waals surface area contributed by atoms with Crippen LogP contribution in [0.4, 0.5) is 0 Å². The molecule has 2 amide bonds. The van der Waals surface area contributed by atoms with Crippen molar-refractivity contribution in [3.63, 3.8) is 0 Å². The van der Waals surface area contributed by atoms with Crippen LogP contribution >= 0.6 is 12.4 Å². The van der Waals surface area contributed by atoms with Crippen LogP contribution in [0.1, 0.15) is 25.3 Å². The Bertz CT molecular complexity index is 572. The van der Waals surface area contributed by atoms with E-state index in [9.17, 15) is 9.59 Å². The van der Waals surface area contributed by atoms with Crippen molar-refractivity contribution in [3.8, 4) is 5.75 Å². The van der Waals surface area contributed by atoms with E-state index in [0.29, 0.717) is 45.4 Å². The van der Waals surface area contributed by atoms with Crippen LogP contribution in [0.3, 0.4) is 0 Å². The first kappa shape index (κ1) is 21.3. The van der Waals surface area contributed by atoms with Crippen LogP contribution < -0.4 is 10.5 Å². The van der Waals surface area contributed by atoms with Crippen molar-refractivity contribution in [2.24, 2.45) is 5.73 Å². The molecule has 0 spiro atoms. The van der Waals surface area contributed by atoms with Gasteiger partial charge in [0.15, 0.2) is 0 Å². The zero-order valence-corrected chi connectivity index (χ0v) is 15.8. The minimum Gasteiger partial charge on any atom is -0.497 e. The van der Waals surface area contributed by atoms with Crippen LogP contribution in [-0.2, 0) is 16.0 Å². The van der Waals surface area contributed by atoms with Gasteiger partial charge in [0.2, 0.25) is 11.8 Å². The van der Waals surface area contributed by atoms with Crippen molar-refractivity contribution >= 4 is 24.2 Å². The molecule has 1 aromatic carbocycles. The number of piperazine rings is 1. The number of ether oxygens (including phenoxy) is 1. The van der Waals surface area contributed by atoms with Crippen molar-refractivity contribution in [2.45, 2.75) is 32.2 Å². The Morgan fingerprint density at radius 1 is 1.16 bits per heavy atom. The highest BCUT2D eigenvalue weighted by Crippen LogP contribution is 2.14. The van der Waals surface area contributed by atoms with Crippen LogP contribution in [0.5, 0.6) is 5.75 Å².